The maximum Gasteiger partial charge on any atom is 0.0599 e. The van der Waals surface area contributed by atoms with Crippen LogP contribution in [0.2, 0.25) is 0 Å². The van der Waals surface area contributed by atoms with Crippen LogP contribution in [0.25, 0.3) is 0 Å². The van der Waals surface area contributed by atoms with Crippen molar-refractivity contribution in [2.75, 3.05) is 6.61 Å². The third-order valence-corrected chi connectivity index (χ3v) is 3.18. The monoisotopic (exact) mass is 200 g/mol. The SMILES string of the molecule is CCCC(C)C(O)CC1CCCCO1. The van der Waals surface area contributed by atoms with Crippen LogP contribution in [0.5, 0.6) is 0 Å². The van der Waals surface area contributed by atoms with Crippen LogP contribution in [0.1, 0.15) is 52.4 Å². The summed E-state index contributed by atoms with van der Waals surface area (Å²) in [6.45, 7) is 5.19. The minimum Gasteiger partial charge on any atom is -0.393 e. The van der Waals surface area contributed by atoms with Crippen molar-refractivity contribution >= 4 is 0 Å². The molecule has 0 aromatic rings. The largest absolute Gasteiger partial charge is 0.393 e. The van der Waals surface area contributed by atoms with Gasteiger partial charge in [0.1, 0.15) is 0 Å². The molecule has 1 saturated heterocycles. The summed E-state index contributed by atoms with van der Waals surface area (Å²) in [5, 5.41) is 9.92. The maximum atomic E-state index is 9.92. The third-order valence-electron chi connectivity index (χ3n) is 3.18. The first-order valence-corrected chi connectivity index (χ1v) is 6.03. The lowest BCUT2D eigenvalue weighted by atomic mass is 9.93. The zero-order valence-corrected chi connectivity index (χ0v) is 9.54. The molecule has 0 spiro atoms. The smallest absolute Gasteiger partial charge is 0.0599 e. The second-order valence-electron chi connectivity index (χ2n) is 4.56. The van der Waals surface area contributed by atoms with Gasteiger partial charge in [-0.1, -0.05) is 20.3 Å². The third kappa shape index (κ3) is 3.97. The summed E-state index contributed by atoms with van der Waals surface area (Å²) in [7, 11) is 0. The first-order valence-electron chi connectivity index (χ1n) is 6.03. The van der Waals surface area contributed by atoms with E-state index in [-0.39, 0.29) is 6.10 Å². The molecule has 1 fully saturated rings. The Morgan fingerprint density at radius 1 is 1.43 bits per heavy atom. The average Bonchev–Trinajstić information content (AvgIpc) is 2.19. The van der Waals surface area contributed by atoms with Gasteiger partial charge in [-0.25, -0.2) is 0 Å². The highest BCUT2D eigenvalue weighted by molar-refractivity contribution is 4.72. The Hall–Kier alpha value is -0.0800. The van der Waals surface area contributed by atoms with Crippen LogP contribution >= 0.6 is 0 Å². The Labute approximate surface area is 87.7 Å². The fourth-order valence-electron chi connectivity index (χ4n) is 2.14. The van der Waals surface area contributed by atoms with Crippen LogP contribution < -0.4 is 0 Å². The van der Waals surface area contributed by atoms with Gasteiger partial charge in [-0.3, -0.25) is 0 Å². The molecule has 1 rings (SSSR count). The fraction of sp³-hybridized carbons (Fsp3) is 1.00. The number of ether oxygens (including phenoxy) is 1. The molecular weight excluding hydrogens is 176 g/mol. The molecule has 3 unspecified atom stereocenters. The van der Waals surface area contributed by atoms with Gasteiger partial charge in [0.05, 0.1) is 12.2 Å². The van der Waals surface area contributed by atoms with E-state index in [1.54, 1.807) is 0 Å². The summed E-state index contributed by atoms with van der Waals surface area (Å²) in [4.78, 5) is 0. The second kappa shape index (κ2) is 6.41. The highest BCUT2D eigenvalue weighted by atomic mass is 16.5. The van der Waals surface area contributed by atoms with Crippen molar-refractivity contribution in [1.29, 1.82) is 0 Å². The predicted octanol–water partition coefficient (Wildman–Crippen LogP) is 2.74. The van der Waals surface area contributed by atoms with E-state index >= 15 is 0 Å². The molecule has 0 radical (unpaired) electrons. The Kier molecular flexibility index (Phi) is 5.49. The predicted molar refractivity (Wildman–Crippen MR) is 58.3 cm³/mol. The molecule has 0 saturated carbocycles. The van der Waals surface area contributed by atoms with Crippen molar-refractivity contribution in [3.05, 3.63) is 0 Å². The van der Waals surface area contributed by atoms with E-state index in [1.165, 1.54) is 12.8 Å². The summed E-state index contributed by atoms with van der Waals surface area (Å²) >= 11 is 0. The summed E-state index contributed by atoms with van der Waals surface area (Å²) in [6, 6.07) is 0. The Balaban J connectivity index is 2.20. The molecule has 3 atom stereocenters. The van der Waals surface area contributed by atoms with Gasteiger partial charge in [0.25, 0.3) is 0 Å². The summed E-state index contributed by atoms with van der Waals surface area (Å²) in [5.41, 5.74) is 0. The molecule has 1 aliphatic heterocycles. The van der Waals surface area contributed by atoms with Crippen molar-refractivity contribution in [3.8, 4) is 0 Å². The molecule has 14 heavy (non-hydrogen) atoms. The molecule has 0 bridgehead atoms. The Morgan fingerprint density at radius 3 is 2.79 bits per heavy atom. The number of rotatable bonds is 5. The lowest BCUT2D eigenvalue weighted by molar-refractivity contribution is -0.0265. The minimum atomic E-state index is -0.168. The maximum absolute atomic E-state index is 9.92. The number of aliphatic hydroxyl groups excluding tert-OH is 1. The Bertz CT molecular complexity index is 141. The van der Waals surface area contributed by atoms with Crippen molar-refractivity contribution in [2.24, 2.45) is 5.92 Å². The van der Waals surface area contributed by atoms with Crippen molar-refractivity contribution < 1.29 is 9.84 Å². The van der Waals surface area contributed by atoms with Gasteiger partial charge in [-0.05, 0) is 38.0 Å². The summed E-state index contributed by atoms with van der Waals surface area (Å²) in [6.07, 6.45) is 6.85. The quantitative estimate of drug-likeness (QED) is 0.739. The van der Waals surface area contributed by atoms with E-state index in [9.17, 15) is 5.11 Å². The van der Waals surface area contributed by atoms with Crippen LogP contribution in [-0.2, 0) is 4.74 Å². The van der Waals surface area contributed by atoms with Crippen LogP contribution in [0.3, 0.4) is 0 Å². The molecule has 0 aromatic heterocycles. The van der Waals surface area contributed by atoms with Crippen molar-refractivity contribution in [3.63, 3.8) is 0 Å². The van der Waals surface area contributed by atoms with E-state index in [0.717, 1.165) is 32.3 Å². The minimum absolute atomic E-state index is 0.168. The standard InChI is InChI=1S/C12H24O2/c1-3-6-10(2)12(13)9-11-7-4-5-8-14-11/h10-13H,3-9H2,1-2H3. The fourth-order valence-corrected chi connectivity index (χ4v) is 2.14. The average molecular weight is 200 g/mol. The zero-order chi connectivity index (χ0) is 10.4. The van der Waals surface area contributed by atoms with Crippen LogP contribution in [0.4, 0.5) is 0 Å². The lowest BCUT2D eigenvalue weighted by Crippen LogP contribution is -2.28. The van der Waals surface area contributed by atoms with Gasteiger partial charge < -0.3 is 9.84 Å². The van der Waals surface area contributed by atoms with Gasteiger partial charge in [-0.2, -0.15) is 0 Å². The molecule has 1 N–H and O–H groups in total. The number of hydrogen-bond donors (Lipinski definition) is 1. The molecule has 1 heterocycles. The molecule has 0 aromatic carbocycles. The normalized spacial score (nSPS) is 27.2. The molecule has 84 valence electrons. The molecule has 2 nitrogen and oxygen atoms in total. The topological polar surface area (TPSA) is 29.5 Å². The first kappa shape index (κ1) is 12.0. The molecule has 2 heteroatoms. The van der Waals surface area contributed by atoms with E-state index in [4.69, 9.17) is 4.74 Å². The number of aliphatic hydroxyl groups is 1. The highest BCUT2D eigenvalue weighted by Gasteiger charge is 2.21. The second-order valence-corrected chi connectivity index (χ2v) is 4.56. The highest BCUT2D eigenvalue weighted by Crippen LogP contribution is 2.21. The van der Waals surface area contributed by atoms with E-state index in [1.807, 2.05) is 0 Å². The summed E-state index contributed by atoms with van der Waals surface area (Å²) in [5.74, 6) is 0.422. The van der Waals surface area contributed by atoms with Gasteiger partial charge in [0.2, 0.25) is 0 Å². The van der Waals surface area contributed by atoms with E-state index < -0.39 is 0 Å². The molecule has 0 aliphatic carbocycles. The van der Waals surface area contributed by atoms with Gasteiger partial charge in [0.15, 0.2) is 0 Å². The van der Waals surface area contributed by atoms with Crippen molar-refractivity contribution in [2.45, 2.75) is 64.6 Å². The van der Waals surface area contributed by atoms with E-state index in [0.29, 0.717) is 12.0 Å². The Morgan fingerprint density at radius 2 is 2.21 bits per heavy atom. The molecular formula is C12H24O2. The molecule has 0 amide bonds. The van der Waals surface area contributed by atoms with Crippen LogP contribution in [0, 0.1) is 5.92 Å². The lowest BCUT2D eigenvalue weighted by Gasteiger charge is -2.27. The van der Waals surface area contributed by atoms with Gasteiger partial charge in [0, 0.05) is 6.61 Å². The van der Waals surface area contributed by atoms with Gasteiger partial charge >= 0.3 is 0 Å². The molecule has 1 aliphatic rings. The first-order chi connectivity index (χ1) is 6.74. The number of hydrogen-bond acceptors (Lipinski definition) is 2. The van der Waals surface area contributed by atoms with Crippen LogP contribution in [0.15, 0.2) is 0 Å². The summed E-state index contributed by atoms with van der Waals surface area (Å²) < 4.78 is 5.62. The van der Waals surface area contributed by atoms with Crippen molar-refractivity contribution in [1.82, 2.24) is 0 Å². The van der Waals surface area contributed by atoms with Crippen LogP contribution in [-0.4, -0.2) is 23.9 Å². The van der Waals surface area contributed by atoms with E-state index in [2.05, 4.69) is 13.8 Å². The van der Waals surface area contributed by atoms with Gasteiger partial charge in [-0.15, -0.1) is 0 Å². The zero-order valence-electron chi connectivity index (χ0n) is 9.54.